The van der Waals surface area contributed by atoms with Crippen molar-refractivity contribution >= 4 is 39.9 Å². The van der Waals surface area contributed by atoms with Crippen LogP contribution < -0.4 is 14.8 Å². The molecule has 0 atom stereocenters. The summed E-state index contributed by atoms with van der Waals surface area (Å²) in [5.41, 5.74) is 1.85. The van der Waals surface area contributed by atoms with E-state index in [1.165, 1.54) is 17.0 Å². The molecule has 32 heavy (non-hydrogen) atoms. The van der Waals surface area contributed by atoms with Crippen molar-refractivity contribution in [2.24, 2.45) is 0 Å². The molecule has 9 heteroatoms. The Morgan fingerprint density at radius 2 is 1.88 bits per heavy atom. The first-order valence-corrected chi connectivity index (χ1v) is 10.9. The lowest BCUT2D eigenvalue weighted by Gasteiger charge is -2.15. The number of carboxylic acid groups (broad SMARTS) is 1. The van der Waals surface area contributed by atoms with E-state index in [4.69, 9.17) is 14.6 Å². The molecule has 0 radical (unpaired) electrons. The molecule has 2 aromatic rings. The molecule has 0 saturated carbocycles. The predicted octanol–water partition coefficient (Wildman–Crippen LogP) is 4.43. The Balaban J connectivity index is 1.82. The molecule has 2 aromatic carbocycles. The Morgan fingerprint density at radius 3 is 2.50 bits per heavy atom. The number of amides is 3. The van der Waals surface area contributed by atoms with Gasteiger partial charge in [0.15, 0.2) is 11.5 Å². The maximum Gasteiger partial charge on any atom is 0.335 e. The van der Waals surface area contributed by atoms with Crippen LogP contribution in [0.15, 0.2) is 46.6 Å². The third-order valence-corrected chi connectivity index (χ3v) is 5.23. The summed E-state index contributed by atoms with van der Waals surface area (Å²) in [5.74, 6) is -0.404. The average molecular weight is 503 g/mol. The van der Waals surface area contributed by atoms with Crippen molar-refractivity contribution < 1.29 is 29.0 Å². The third-order valence-electron chi connectivity index (χ3n) is 4.64. The zero-order chi connectivity index (χ0) is 23.3. The molecule has 3 rings (SSSR count). The van der Waals surface area contributed by atoms with Gasteiger partial charge in [0.2, 0.25) is 0 Å². The topological polar surface area (TPSA) is 105 Å². The molecule has 0 bridgehead atoms. The Kier molecular flexibility index (Phi) is 7.53. The summed E-state index contributed by atoms with van der Waals surface area (Å²) >= 11 is 3.49. The number of nitrogens with zero attached hydrogens (tertiary/aromatic N) is 1. The molecule has 2 N–H and O–H groups in total. The lowest BCUT2D eigenvalue weighted by molar-refractivity contribution is -0.122. The fourth-order valence-corrected chi connectivity index (χ4v) is 3.71. The number of hydrogen-bond donors (Lipinski definition) is 2. The standard InChI is InChI=1S/C23H23BrN2O6/c1-3-9-26-21(27)18(25-23(26)30)11-15-10-17(24)20(19(12-15)31-4-2)32-13-14-5-7-16(8-6-14)22(28)29/h5-8,10-12H,3-4,9,13H2,1-2H3,(H,25,30)(H,28,29)/b18-11-. The quantitative estimate of drug-likeness (QED) is 0.388. The van der Waals surface area contributed by atoms with Crippen LogP contribution in [0.3, 0.4) is 0 Å². The summed E-state index contributed by atoms with van der Waals surface area (Å²) in [4.78, 5) is 36.6. The number of benzene rings is 2. The summed E-state index contributed by atoms with van der Waals surface area (Å²) in [6, 6.07) is 9.47. The van der Waals surface area contributed by atoms with Crippen molar-refractivity contribution in [1.82, 2.24) is 10.2 Å². The zero-order valence-electron chi connectivity index (χ0n) is 17.7. The molecule has 1 aliphatic heterocycles. The van der Waals surface area contributed by atoms with Gasteiger partial charge >= 0.3 is 12.0 Å². The van der Waals surface area contributed by atoms with Gasteiger partial charge in [0.1, 0.15) is 12.3 Å². The number of halogens is 1. The molecule has 0 aromatic heterocycles. The van der Waals surface area contributed by atoms with E-state index >= 15 is 0 Å². The van der Waals surface area contributed by atoms with Gasteiger partial charge in [0, 0.05) is 6.54 Å². The third kappa shape index (κ3) is 5.28. The number of hydrogen-bond acceptors (Lipinski definition) is 5. The lowest BCUT2D eigenvalue weighted by atomic mass is 10.1. The zero-order valence-corrected chi connectivity index (χ0v) is 19.3. The number of imide groups is 1. The minimum atomic E-state index is -0.988. The summed E-state index contributed by atoms with van der Waals surface area (Å²) in [7, 11) is 0. The van der Waals surface area contributed by atoms with Crippen LogP contribution in [0.1, 0.15) is 41.8 Å². The summed E-state index contributed by atoms with van der Waals surface area (Å²) in [6.07, 6.45) is 2.27. The van der Waals surface area contributed by atoms with E-state index in [1.54, 1.807) is 30.3 Å². The van der Waals surface area contributed by atoms with Gasteiger partial charge in [-0.2, -0.15) is 0 Å². The second-order valence-electron chi connectivity index (χ2n) is 7.00. The van der Waals surface area contributed by atoms with Crippen LogP contribution in [0, 0.1) is 0 Å². The molecule has 8 nitrogen and oxygen atoms in total. The highest BCUT2D eigenvalue weighted by Gasteiger charge is 2.32. The van der Waals surface area contributed by atoms with Crippen molar-refractivity contribution in [3.8, 4) is 11.5 Å². The van der Waals surface area contributed by atoms with E-state index in [1.807, 2.05) is 13.8 Å². The highest BCUT2D eigenvalue weighted by Crippen LogP contribution is 2.38. The molecule has 1 fully saturated rings. The summed E-state index contributed by atoms with van der Waals surface area (Å²) in [6.45, 7) is 4.70. The van der Waals surface area contributed by atoms with Crippen LogP contribution in [0.5, 0.6) is 11.5 Å². The van der Waals surface area contributed by atoms with Crippen molar-refractivity contribution in [3.63, 3.8) is 0 Å². The van der Waals surface area contributed by atoms with Crippen LogP contribution in [-0.2, 0) is 11.4 Å². The van der Waals surface area contributed by atoms with Crippen molar-refractivity contribution in [2.45, 2.75) is 26.9 Å². The van der Waals surface area contributed by atoms with Crippen LogP contribution >= 0.6 is 15.9 Å². The van der Waals surface area contributed by atoms with Gasteiger partial charge in [0.25, 0.3) is 5.91 Å². The van der Waals surface area contributed by atoms with Gasteiger partial charge in [-0.15, -0.1) is 0 Å². The van der Waals surface area contributed by atoms with E-state index in [-0.39, 0.29) is 23.8 Å². The van der Waals surface area contributed by atoms with Crippen LogP contribution in [0.4, 0.5) is 4.79 Å². The Bertz CT molecular complexity index is 1060. The summed E-state index contributed by atoms with van der Waals surface area (Å²) in [5, 5.41) is 11.6. The first-order chi connectivity index (χ1) is 15.3. The molecular weight excluding hydrogens is 480 g/mol. The Morgan fingerprint density at radius 1 is 1.16 bits per heavy atom. The van der Waals surface area contributed by atoms with Crippen LogP contribution in [0.25, 0.3) is 6.08 Å². The molecule has 0 spiro atoms. The highest BCUT2D eigenvalue weighted by atomic mass is 79.9. The van der Waals surface area contributed by atoms with Gasteiger partial charge in [-0.1, -0.05) is 19.1 Å². The number of urea groups is 1. The van der Waals surface area contributed by atoms with Crippen molar-refractivity contribution in [3.05, 3.63) is 63.3 Å². The number of carbonyl (C=O) groups excluding carboxylic acids is 2. The van der Waals surface area contributed by atoms with Gasteiger partial charge in [-0.25, -0.2) is 9.59 Å². The number of nitrogens with one attached hydrogen (secondary N) is 1. The minimum absolute atomic E-state index is 0.199. The lowest BCUT2D eigenvalue weighted by Crippen LogP contribution is -2.31. The number of carboxylic acids is 1. The molecule has 168 valence electrons. The van der Waals surface area contributed by atoms with E-state index < -0.39 is 12.0 Å². The number of rotatable bonds is 9. The van der Waals surface area contributed by atoms with E-state index in [0.717, 1.165) is 5.56 Å². The fourth-order valence-electron chi connectivity index (χ4n) is 3.14. The first-order valence-electron chi connectivity index (χ1n) is 10.1. The second-order valence-corrected chi connectivity index (χ2v) is 7.85. The number of ether oxygens (including phenoxy) is 2. The number of aromatic carboxylic acids is 1. The minimum Gasteiger partial charge on any atom is -0.490 e. The highest BCUT2D eigenvalue weighted by molar-refractivity contribution is 9.10. The molecule has 0 unspecified atom stereocenters. The largest absolute Gasteiger partial charge is 0.490 e. The van der Waals surface area contributed by atoms with Gasteiger partial charge in [-0.3, -0.25) is 9.69 Å². The van der Waals surface area contributed by atoms with E-state index in [9.17, 15) is 14.4 Å². The normalized spacial score (nSPS) is 14.6. The number of carbonyl (C=O) groups is 3. The maximum atomic E-state index is 12.5. The monoisotopic (exact) mass is 502 g/mol. The molecule has 1 aliphatic rings. The van der Waals surface area contributed by atoms with Crippen molar-refractivity contribution in [1.29, 1.82) is 0 Å². The van der Waals surface area contributed by atoms with Gasteiger partial charge in [0.05, 0.1) is 16.6 Å². The van der Waals surface area contributed by atoms with Gasteiger partial charge in [-0.05, 0) is 70.7 Å². The Labute approximate surface area is 193 Å². The second kappa shape index (κ2) is 10.3. The molecule has 1 saturated heterocycles. The molecule has 0 aliphatic carbocycles. The first kappa shape index (κ1) is 23.3. The van der Waals surface area contributed by atoms with Crippen molar-refractivity contribution in [2.75, 3.05) is 13.2 Å². The molecule has 3 amide bonds. The molecular formula is C23H23BrN2O6. The van der Waals surface area contributed by atoms with E-state index in [0.29, 0.717) is 41.1 Å². The van der Waals surface area contributed by atoms with Gasteiger partial charge < -0.3 is 19.9 Å². The SMILES string of the molecule is CCCN1C(=O)N/C(=C\c2cc(Br)c(OCc3ccc(C(=O)O)cc3)c(OCC)c2)C1=O. The average Bonchev–Trinajstić information content (AvgIpc) is 3.01. The van der Waals surface area contributed by atoms with Crippen LogP contribution in [0.2, 0.25) is 0 Å². The van der Waals surface area contributed by atoms with E-state index in [2.05, 4.69) is 21.2 Å². The van der Waals surface area contributed by atoms with Crippen LogP contribution in [-0.4, -0.2) is 41.1 Å². The summed E-state index contributed by atoms with van der Waals surface area (Å²) < 4.78 is 12.3. The Hall–Kier alpha value is -3.33. The maximum absolute atomic E-state index is 12.5. The predicted molar refractivity (Wildman–Crippen MR) is 122 cm³/mol. The smallest absolute Gasteiger partial charge is 0.335 e. The fraction of sp³-hybridized carbons (Fsp3) is 0.261. The molecule has 1 heterocycles.